The van der Waals surface area contributed by atoms with E-state index in [9.17, 15) is 8.42 Å². The Bertz CT molecular complexity index is 1610. The molecule has 0 saturated heterocycles. The molecule has 2 heterocycles. The standard InChI is InChI=1S/C28H27N5O3S2/c1-3-32(4-2)38(34,35)24-17-11-14-22(18-24)27-30-31-28(33(27)23-15-9-6-10-16-23)37-20-26-29-19-25(36-26)21-12-7-5-8-13-21/h5-19H,3-4,20H2,1-2H3. The molecule has 3 aromatic carbocycles. The molecule has 0 aliphatic heterocycles. The summed E-state index contributed by atoms with van der Waals surface area (Å²) in [5, 5.41) is 9.57. The second-order valence-corrected chi connectivity index (χ2v) is 11.2. The average molecular weight is 546 g/mol. The van der Waals surface area contributed by atoms with Crippen LogP contribution in [0.5, 0.6) is 0 Å². The molecule has 0 unspecified atom stereocenters. The van der Waals surface area contributed by atoms with Gasteiger partial charge in [-0.2, -0.15) is 4.31 Å². The van der Waals surface area contributed by atoms with E-state index in [0.29, 0.717) is 47.0 Å². The Morgan fingerprint density at radius 2 is 1.55 bits per heavy atom. The Hall–Kier alpha value is -3.73. The number of aromatic nitrogens is 4. The van der Waals surface area contributed by atoms with Crippen molar-refractivity contribution in [2.24, 2.45) is 0 Å². The highest BCUT2D eigenvalue weighted by Crippen LogP contribution is 2.31. The number of hydrogen-bond donors (Lipinski definition) is 0. The van der Waals surface area contributed by atoms with Gasteiger partial charge in [-0.15, -0.1) is 10.2 Å². The normalized spacial score (nSPS) is 11.8. The number of thioether (sulfide) groups is 1. The lowest BCUT2D eigenvalue weighted by atomic mass is 10.2. The predicted octanol–water partition coefficient (Wildman–Crippen LogP) is 5.91. The molecule has 0 fully saturated rings. The summed E-state index contributed by atoms with van der Waals surface area (Å²) in [5.41, 5.74) is 2.49. The smallest absolute Gasteiger partial charge is 0.243 e. The van der Waals surface area contributed by atoms with Gasteiger partial charge in [0.1, 0.15) is 0 Å². The zero-order valence-electron chi connectivity index (χ0n) is 21.1. The van der Waals surface area contributed by atoms with E-state index in [1.165, 1.54) is 16.1 Å². The maximum atomic E-state index is 13.2. The van der Waals surface area contributed by atoms with Crippen molar-refractivity contribution in [1.82, 2.24) is 24.1 Å². The van der Waals surface area contributed by atoms with Crippen molar-refractivity contribution in [3.8, 4) is 28.4 Å². The molecule has 8 nitrogen and oxygen atoms in total. The third-order valence-electron chi connectivity index (χ3n) is 6.02. The van der Waals surface area contributed by atoms with Gasteiger partial charge in [-0.3, -0.25) is 4.57 Å². The quantitative estimate of drug-likeness (QED) is 0.201. The van der Waals surface area contributed by atoms with Crippen molar-refractivity contribution in [1.29, 1.82) is 0 Å². The zero-order chi connectivity index (χ0) is 26.5. The summed E-state index contributed by atoms with van der Waals surface area (Å²) in [5.74, 6) is 2.28. The molecule has 0 aliphatic rings. The van der Waals surface area contributed by atoms with Crippen molar-refractivity contribution in [2.45, 2.75) is 29.7 Å². The number of sulfonamides is 1. The Labute approximate surface area is 226 Å². The van der Waals surface area contributed by atoms with Crippen LogP contribution in [0.25, 0.3) is 28.4 Å². The van der Waals surface area contributed by atoms with E-state index in [4.69, 9.17) is 4.42 Å². The van der Waals surface area contributed by atoms with Crippen LogP contribution in [0, 0.1) is 0 Å². The topological polar surface area (TPSA) is 94.1 Å². The average Bonchev–Trinajstić information content (AvgIpc) is 3.61. The molecule has 0 amide bonds. The van der Waals surface area contributed by atoms with Crippen LogP contribution in [0.2, 0.25) is 0 Å². The Balaban J connectivity index is 1.48. The molecule has 0 radical (unpaired) electrons. The van der Waals surface area contributed by atoms with Crippen LogP contribution in [-0.2, 0) is 15.8 Å². The fourth-order valence-corrected chi connectivity index (χ4v) is 6.42. The van der Waals surface area contributed by atoms with Crippen LogP contribution in [0.3, 0.4) is 0 Å². The van der Waals surface area contributed by atoms with Gasteiger partial charge >= 0.3 is 0 Å². The highest BCUT2D eigenvalue weighted by Gasteiger charge is 2.24. The summed E-state index contributed by atoms with van der Waals surface area (Å²) in [7, 11) is -3.62. The molecule has 0 N–H and O–H groups in total. The number of hydrogen-bond acceptors (Lipinski definition) is 7. The number of para-hydroxylation sites is 1. The third kappa shape index (κ3) is 5.28. The summed E-state index contributed by atoms with van der Waals surface area (Å²) < 4.78 is 35.7. The number of nitrogens with zero attached hydrogens (tertiary/aromatic N) is 5. The molecule has 5 aromatic rings. The molecular formula is C28H27N5O3S2. The van der Waals surface area contributed by atoms with Crippen molar-refractivity contribution >= 4 is 21.8 Å². The van der Waals surface area contributed by atoms with E-state index in [2.05, 4.69) is 15.2 Å². The van der Waals surface area contributed by atoms with Gasteiger partial charge in [0.05, 0.1) is 16.8 Å². The van der Waals surface area contributed by atoms with Crippen molar-refractivity contribution in [2.75, 3.05) is 13.1 Å². The van der Waals surface area contributed by atoms with Crippen LogP contribution in [0.15, 0.2) is 106 Å². The van der Waals surface area contributed by atoms with Gasteiger partial charge in [0.15, 0.2) is 16.7 Å². The minimum atomic E-state index is -3.62. The molecule has 194 valence electrons. The monoisotopic (exact) mass is 545 g/mol. The van der Waals surface area contributed by atoms with Crippen LogP contribution < -0.4 is 0 Å². The van der Waals surface area contributed by atoms with E-state index >= 15 is 0 Å². The second-order valence-electron chi connectivity index (χ2n) is 8.37. The van der Waals surface area contributed by atoms with Gasteiger partial charge in [0.25, 0.3) is 0 Å². The van der Waals surface area contributed by atoms with Crippen molar-refractivity contribution in [3.05, 3.63) is 97.0 Å². The maximum Gasteiger partial charge on any atom is 0.243 e. The predicted molar refractivity (Wildman–Crippen MR) is 148 cm³/mol. The highest BCUT2D eigenvalue weighted by atomic mass is 32.2. The van der Waals surface area contributed by atoms with Gasteiger partial charge < -0.3 is 4.42 Å². The van der Waals surface area contributed by atoms with E-state index in [1.54, 1.807) is 24.4 Å². The van der Waals surface area contributed by atoms with Crippen molar-refractivity contribution in [3.63, 3.8) is 0 Å². The lowest BCUT2D eigenvalue weighted by Gasteiger charge is -2.18. The third-order valence-corrected chi connectivity index (χ3v) is 8.98. The van der Waals surface area contributed by atoms with Gasteiger partial charge in [-0.1, -0.05) is 86.3 Å². The Morgan fingerprint density at radius 1 is 0.868 bits per heavy atom. The largest absolute Gasteiger partial charge is 0.440 e. The Morgan fingerprint density at radius 3 is 2.26 bits per heavy atom. The minimum absolute atomic E-state index is 0.226. The number of oxazole rings is 1. The highest BCUT2D eigenvalue weighted by molar-refractivity contribution is 7.98. The molecule has 0 aliphatic carbocycles. The van der Waals surface area contributed by atoms with E-state index < -0.39 is 10.0 Å². The maximum absolute atomic E-state index is 13.2. The van der Waals surface area contributed by atoms with Gasteiger partial charge in [-0.25, -0.2) is 13.4 Å². The summed E-state index contributed by atoms with van der Waals surface area (Å²) in [6.07, 6.45) is 1.72. The van der Waals surface area contributed by atoms with E-state index in [-0.39, 0.29) is 4.90 Å². The second kappa shape index (κ2) is 11.3. The first-order valence-electron chi connectivity index (χ1n) is 12.3. The van der Waals surface area contributed by atoms with Crippen LogP contribution in [-0.4, -0.2) is 45.6 Å². The fourth-order valence-electron chi connectivity index (χ4n) is 4.11. The molecule has 5 rings (SSSR count). The zero-order valence-corrected chi connectivity index (χ0v) is 22.7. The lowest BCUT2D eigenvalue weighted by Crippen LogP contribution is -2.30. The first-order valence-corrected chi connectivity index (χ1v) is 14.7. The fraction of sp³-hybridized carbons (Fsp3) is 0.179. The number of benzene rings is 3. The van der Waals surface area contributed by atoms with Gasteiger partial charge in [0.2, 0.25) is 15.9 Å². The lowest BCUT2D eigenvalue weighted by molar-refractivity contribution is 0.445. The van der Waals surface area contributed by atoms with Gasteiger partial charge in [-0.05, 0) is 24.3 Å². The molecule has 10 heteroatoms. The van der Waals surface area contributed by atoms with Crippen LogP contribution in [0.1, 0.15) is 19.7 Å². The Kier molecular flexibility index (Phi) is 7.73. The summed E-state index contributed by atoms with van der Waals surface area (Å²) >= 11 is 1.45. The first-order chi connectivity index (χ1) is 18.5. The summed E-state index contributed by atoms with van der Waals surface area (Å²) in [6.45, 7) is 4.46. The molecule has 0 bridgehead atoms. The minimum Gasteiger partial charge on any atom is -0.440 e. The molecule has 2 aromatic heterocycles. The SMILES string of the molecule is CCN(CC)S(=O)(=O)c1cccc(-c2nnc(SCc3ncc(-c4ccccc4)o3)n2-c2ccccc2)c1. The first kappa shape index (κ1) is 25.9. The van der Waals surface area contributed by atoms with Crippen LogP contribution in [0.4, 0.5) is 0 Å². The summed E-state index contributed by atoms with van der Waals surface area (Å²) in [6, 6.07) is 26.4. The number of rotatable bonds is 10. The molecule has 38 heavy (non-hydrogen) atoms. The molecule has 0 spiro atoms. The van der Waals surface area contributed by atoms with E-state index in [1.807, 2.05) is 85.1 Å². The van der Waals surface area contributed by atoms with Crippen molar-refractivity contribution < 1.29 is 12.8 Å². The van der Waals surface area contributed by atoms with E-state index in [0.717, 1.165) is 11.3 Å². The van der Waals surface area contributed by atoms with Crippen LogP contribution >= 0.6 is 11.8 Å². The summed E-state index contributed by atoms with van der Waals surface area (Å²) in [4.78, 5) is 4.66. The molecule has 0 atom stereocenters. The molecular weight excluding hydrogens is 518 g/mol. The van der Waals surface area contributed by atoms with Gasteiger partial charge in [0, 0.05) is 29.9 Å². The molecule has 0 saturated carbocycles.